The van der Waals surface area contributed by atoms with Gasteiger partial charge in [-0.25, -0.2) is 4.39 Å². The molecule has 82 valence electrons. The third-order valence-electron chi connectivity index (χ3n) is 2.57. The molecule has 1 unspecified atom stereocenters. The second-order valence-corrected chi connectivity index (χ2v) is 3.76. The van der Waals surface area contributed by atoms with Gasteiger partial charge in [0.05, 0.1) is 18.0 Å². The Hall–Kier alpha value is -1.29. The van der Waals surface area contributed by atoms with Gasteiger partial charge in [-0.1, -0.05) is 6.07 Å². The zero-order valence-electron chi connectivity index (χ0n) is 8.50. The Kier molecular flexibility index (Phi) is 3.06. The molecule has 0 radical (unpaired) electrons. The molecule has 4 heteroatoms. The number of rotatable bonds is 2. The molecular formula is C11H15FN2O. The third-order valence-corrected chi connectivity index (χ3v) is 2.57. The predicted molar refractivity (Wildman–Crippen MR) is 58.3 cm³/mol. The highest BCUT2D eigenvalue weighted by atomic mass is 19.1. The number of nitrogen functional groups attached to an aromatic ring is 1. The lowest BCUT2D eigenvalue weighted by Crippen LogP contribution is -2.30. The monoisotopic (exact) mass is 210 g/mol. The molecule has 3 N–H and O–H groups in total. The molecule has 1 aromatic rings. The zero-order chi connectivity index (χ0) is 10.7. The van der Waals surface area contributed by atoms with Gasteiger partial charge in [0.25, 0.3) is 0 Å². The highest BCUT2D eigenvalue weighted by molar-refractivity contribution is 5.66. The molecule has 0 bridgehead atoms. The number of benzene rings is 1. The van der Waals surface area contributed by atoms with Gasteiger partial charge in [-0.15, -0.1) is 0 Å². The fourth-order valence-electron chi connectivity index (χ4n) is 1.74. The van der Waals surface area contributed by atoms with E-state index in [4.69, 9.17) is 10.5 Å². The number of hydrogen-bond acceptors (Lipinski definition) is 3. The van der Waals surface area contributed by atoms with Crippen LogP contribution < -0.4 is 11.1 Å². The summed E-state index contributed by atoms with van der Waals surface area (Å²) in [6.45, 7) is 1.48. The van der Waals surface area contributed by atoms with Crippen LogP contribution in [0.4, 0.5) is 15.8 Å². The molecule has 1 saturated heterocycles. The smallest absolute Gasteiger partial charge is 0.148 e. The van der Waals surface area contributed by atoms with Crippen LogP contribution in [0, 0.1) is 5.82 Å². The largest absolute Gasteiger partial charge is 0.395 e. The van der Waals surface area contributed by atoms with Crippen LogP contribution in [-0.4, -0.2) is 19.3 Å². The zero-order valence-corrected chi connectivity index (χ0v) is 8.50. The van der Waals surface area contributed by atoms with E-state index < -0.39 is 0 Å². The van der Waals surface area contributed by atoms with E-state index >= 15 is 0 Å². The maximum absolute atomic E-state index is 13.1. The molecule has 0 amide bonds. The van der Waals surface area contributed by atoms with Gasteiger partial charge in [-0.3, -0.25) is 0 Å². The topological polar surface area (TPSA) is 47.3 Å². The van der Waals surface area contributed by atoms with Gasteiger partial charge in [-0.05, 0) is 25.0 Å². The van der Waals surface area contributed by atoms with E-state index in [0.29, 0.717) is 12.3 Å². The van der Waals surface area contributed by atoms with Crippen molar-refractivity contribution < 1.29 is 9.13 Å². The van der Waals surface area contributed by atoms with Crippen molar-refractivity contribution in [1.29, 1.82) is 0 Å². The Morgan fingerprint density at radius 1 is 1.47 bits per heavy atom. The number of nitrogens with one attached hydrogen (secondary N) is 1. The molecule has 0 aliphatic carbocycles. The lowest BCUT2D eigenvalue weighted by Gasteiger charge is -2.24. The van der Waals surface area contributed by atoms with E-state index in [0.717, 1.165) is 19.4 Å². The van der Waals surface area contributed by atoms with Crippen LogP contribution in [0.5, 0.6) is 0 Å². The maximum Gasteiger partial charge on any atom is 0.148 e. The molecule has 1 heterocycles. The van der Waals surface area contributed by atoms with E-state index in [1.807, 2.05) is 0 Å². The van der Waals surface area contributed by atoms with Gasteiger partial charge < -0.3 is 15.8 Å². The number of halogens is 1. The molecule has 1 aromatic carbocycles. The first kappa shape index (κ1) is 10.2. The fraction of sp³-hybridized carbons (Fsp3) is 0.455. The Bertz CT molecular complexity index is 337. The molecule has 1 aliphatic heterocycles. The van der Waals surface area contributed by atoms with Gasteiger partial charge in [0.1, 0.15) is 5.82 Å². The first-order chi connectivity index (χ1) is 7.27. The SMILES string of the molecule is Nc1c(F)cccc1NC1CCCOC1. The van der Waals surface area contributed by atoms with Crippen molar-refractivity contribution in [3.8, 4) is 0 Å². The number of hydrogen-bond donors (Lipinski definition) is 2. The van der Waals surface area contributed by atoms with Gasteiger partial charge in [0.15, 0.2) is 0 Å². The minimum Gasteiger partial charge on any atom is -0.395 e. The number of nitrogens with two attached hydrogens (primary N) is 1. The average Bonchev–Trinajstić information content (AvgIpc) is 2.26. The number of anilines is 2. The van der Waals surface area contributed by atoms with Crippen LogP contribution >= 0.6 is 0 Å². The van der Waals surface area contributed by atoms with Gasteiger partial charge in [-0.2, -0.15) is 0 Å². The molecule has 1 atom stereocenters. The molecule has 1 aliphatic rings. The minimum atomic E-state index is -0.378. The van der Waals surface area contributed by atoms with E-state index in [2.05, 4.69) is 5.32 Å². The lowest BCUT2D eigenvalue weighted by atomic mass is 10.1. The third kappa shape index (κ3) is 2.39. The first-order valence-corrected chi connectivity index (χ1v) is 5.15. The van der Waals surface area contributed by atoms with Crippen LogP contribution in [0.2, 0.25) is 0 Å². The quantitative estimate of drug-likeness (QED) is 0.734. The first-order valence-electron chi connectivity index (χ1n) is 5.15. The van der Waals surface area contributed by atoms with E-state index in [1.165, 1.54) is 6.07 Å². The molecule has 15 heavy (non-hydrogen) atoms. The van der Waals surface area contributed by atoms with Crippen molar-refractivity contribution in [2.24, 2.45) is 0 Å². The van der Waals surface area contributed by atoms with Crippen LogP contribution in [-0.2, 0) is 4.74 Å². The van der Waals surface area contributed by atoms with Crippen molar-refractivity contribution in [2.45, 2.75) is 18.9 Å². The molecule has 3 nitrogen and oxygen atoms in total. The Morgan fingerprint density at radius 2 is 2.33 bits per heavy atom. The summed E-state index contributed by atoms with van der Waals surface area (Å²) in [4.78, 5) is 0. The summed E-state index contributed by atoms with van der Waals surface area (Å²) < 4.78 is 18.5. The summed E-state index contributed by atoms with van der Waals surface area (Å²) in [7, 11) is 0. The highest BCUT2D eigenvalue weighted by Gasteiger charge is 2.15. The van der Waals surface area contributed by atoms with Crippen molar-refractivity contribution >= 4 is 11.4 Å². The molecule has 0 spiro atoms. The van der Waals surface area contributed by atoms with Crippen LogP contribution in [0.3, 0.4) is 0 Å². The van der Waals surface area contributed by atoms with Crippen LogP contribution in [0.15, 0.2) is 18.2 Å². The summed E-state index contributed by atoms with van der Waals surface area (Å²) in [5.41, 5.74) is 6.46. The van der Waals surface area contributed by atoms with E-state index in [9.17, 15) is 4.39 Å². The van der Waals surface area contributed by atoms with E-state index in [1.54, 1.807) is 12.1 Å². The highest BCUT2D eigenvalue weighted by Crippen LogP contribution is 2.23. The fourth-order valence-corrected chi connectivity index (χ4v) is 1.74. The van der Waals surface area contributed by atoms with Gasteiger partial charge in [0, 0.05) is 12.6 Å². The molecule has 1 fully saturated rings. The second-order valence-electron chi connectivity index (χ2n) is 3.76. The summed E-state index contributed by atoms with van der Waals surface area (Å²) in [6.07, 6.45) is 2.07. The average molecular weight is 210 g/mol. The van der Waals surface area contributed by atoms with Crippen molar-refractivity contribution in [3.05, 3.63) is 24.0 Å². The molecule has 0 saturated carbocycles. The summed E-state index contributed by atoms with van der Waals surface area (Å²) in [5.74, 6) is -0.378. The molecular weight excluding hydrogens is 195 g/mol. The van der Waals surface area contributed by atoms with Crippen LogP contribution in [0.1, 0.15) is 12.8 Å². The van der Waals surface area contributed by atoms with Gasteiger partial charge >= 0.3 is 0 Å². The maximum atomic E-state index is 13.1. The molecule has 0 aromatic heterocycles. The summed E-state index contributed by atoms with van der Waals surface area (Å²) in [5, 5.41) is 3.20. The second kappa shape index (κ2) is 4.49. The van der Waals surface area contributed by atoms with Gasteiger partial charge in [0.2, 0.25) is 0 Å². The number of para-hydroxylation sites is 1. The minimum absolute atomic E-state index is 0.183. The van der Waals surface area contributed by atoms with Crippen molar-refractivity contribution in [3.63, 3.8) is 0 Å². The Balaban J connectivity index is 2.06. The predicted octanol–water partition coefficient (Wildman–Crippen LogP) is 2.00. The standard InChI is InChI=1S/C11H15FN2O/c12-9-4-1-5-10(11(9)13)14-8-3-2-6-15-7-8/h1,4-5,8,14H,2-3,6-7,13H2. The Morgan fingerprint density at radius 3 is 3.07 bits per heavy atom. The lowest BCUT2D eigenvalue weighted by molar-refractivity contribution is 0.0876. The van der Waals surface area contributed by atoms with Crippen molar-refractivity contribution in [1.82, 2.24) is 0 Å². The number of ether oxygens (including phenoxy) is 1. The van der Waals surface area contributed by atoms with Crippen LogP contribution in [0.25, 0.3) is 0 Å². The van der Waals surface area contributed by atoms with E-state index in [-0.39, 0.29) is 17.5 Å². The normalized spacial score (nSPS) is 21.3. The van der Waals surface area contributed by atoms with Crippen molar-refractivity contribution in [2.75, 3.05) is 24.3 Å². The Labute approximate surface area is 88.4 Å². The summed E-state index contributed by atoms with van der Waals surface area (Å²) >= 11 is 0. The summed E-state index contributed by atoms with van der Waals surface area (Å²) in [6, 6.07) is 5.03. The molecule has 2 rings (SSSR count).